The first-order chi connectivity index (χ1) is 8.53. The number of sulfonamides is 1. The van der Waals surface area contributed by atoms with Crippen molar-refractivity contribution in [2.45, 2.75) is 5.03 Å². The molecule has 2 aromatic rings. The van der Waals surface area contributed by atoms with Crippen molar-refractivity contribution in [3.05, 3.63) is 41.0 Å². The lowest BCUT2D eigenvalue weighted by Gasteiger charge is -2.06. The summed E-state index contributed by atoms with van der Waals surface area (Å²) < 4.78 is 26.0. The van der Waals surface area contributed by atoms with E-state index in [1.54, 1.807) is 0 Å². The zero-order valence-corrected chi connectivity index (χ0v) is 10.5. The summed E-state index contributed by atoms with van der Waals surface area (Å²) in [5.41, 5.74) is 0.551. The SMILES string of the molecule is N#Cc1ccc(NS(=O)(=O)c2ccn[nH]2)cc1Cl. The third-order valence-electron chi connectivity index (χ3n) is 2.11. The lowest BCUT2D eigenvalue weighted by molar-refractivity contribution is 0.597. The van der Waals surface area contributed by atoms with Crippen LogP contribution in [-0.4, -0.2) is 18.6 Å². The van der Waals surface area contributed by atoms with Gasteiger partial charge in [0.1, 0.15) is 6.07 Å². The molecule has 0 amide bonds. The molecule has 0 unspecified atom stereocenters. The summed E-state index contributed by atoms with van der Waals surface area (Å²) in [6, 6.07) is 7.48. The first-order valence-corrected chi connectivity index (χ1v) is 6.61. The average Bonchev–Trinajstić information content (AvgIpc) is 2.82. The van der Waals surface area contributed by atoms with Crippen molar-refractivity contribution in [3.63, 3.8) is 0 Å². The highest BCUT2D eigenvalue weighted by Gasteiger charge is 2.15. The van der Waals surface area contributed by atoms with E-state index in [0.717, 1.165) is 0 Å². The topological polar surface area (TPSA) is 98.6 Å². The normalized spacial score (nSPS) is 10.9. The summed E-state index contributed by atoms with van der Waals surface area (Å²) in [6.07, 6.45) is 1.33. The van der Waals surface area contributed by atoms with Crippen molar-refractivity contribution in [3.8, 4) is 6.07 Å². The largest absolute Gasteiger partial charge is 0.278 e. The van der Waals surface area contributed by atoms with Crippen molar-refractivity contribution in [1.82, 2.24) is 10.2 Å². The predicted molar refractivity (Wildman–Crippen MR) is 65.6 cm³/mol. The Morgan fingerprint density at radius 2 is 2.17 bits per heavy atom. The van der Waals surface area contributed by atoms with Gasteiger partial charge in [-0.1, -0.05) is 11.6 Å². The molecule has 1 aromatic heterocycles. The Morgan fingerprint density at radius 1 is 1.39 bits per heavy atom. The number of aromatic nitrogens is 2. The second-order valence-electron chi connectivity index (χ2n) is 3.33. The van der Waals surface area contributed by atoms with Crippen molar-refractivity contribution < 1.29 is 8.42 Å². The molecule has 8 heteroatoms. The molecule has 92 valence electrons. The Hall–Kier alpha value is -2.04. The molecule has 0 spiro atoms. The fraction of sp³-hybridized carbons (Fsp3) is 0. The third-order valence-corrected chi connectivity index (χ3v) is 3.73. The lowest BCUT2D eigenvalue weighted by Crippen LogP contribution is -2.13. The van der Waals surface area contributed by atoms with Crippen LogP contribution in [0.3, 0.4) is 0 Å². The number of benzene rings is 1. The minimum atomic E-state index is -3.72. The highest BCUT2D eigenvalue weighted by molar-refractivity contribution is 7.92. The van der Waals surface area contributed by atoms with Gasteiger partial charge in [-0.2, -0.15) is 18.8 Å². The molecule has 0 aliphatic heterocycles. The van der Waals surface area contributed by atoms with Gasteiger partial charge in [0.05, 0.1) is 22.5 Å². The van der Waals surface area contributed by atoms with Crippen molar-refractivity contribution in [2.75, 3.05) is 4.72 Å². The van der Waals surface area contributed by atoms with Gasteiger partial charge in [0.2, 0.25) is 0 Å². The van der Waals surface area contributed by atoms with E-state index in [9.17, 15) is 8.42 Å². The van der Waals surface area contributed by atoms with Gasteiger partial charge in [-0.25, -0.2) is 0 Å². The number of H-pyrrole nitrogens is 1. The van der Waals surface area contributed by atoms with Crippen LogP contribution < -0.4 is 4.72 Å². The van der Waals surface area contributed by atoms with Gasteiger partial charge < -0.3 is 0 Å². The van der Waals surface area contributed by atoms with Gasteiger partial charge >= 0.3 is 0 Å². The van der Waals surface area contributed by atoms with E-state index in [-0.39, 0.29) is 21.3 Å². The second-order valence-corrected chi connectivity index (χ2v) is 5.39. The van der Waals surface area contributed by atoms with Crippen LogP contribution in [0.2, 0.25) is 5.02 Å². The zero-order valence-electron chi connectivity index (χ0n) is 8.88. The summed E-state index contributed by atoms with van der Waals surface area (Å²) in [5.74, 6) is 0. The number of rotatable bonds is 3. The maximum atomic E-state index is 11.8. The summed E-state index contributed by atoms with van der Waals surface area (Å²) in [6.45, 7) is 0. The van der Waals surface area contributed by atoms with E-state index >= 15 is 0 Å². The van der Waals surface area contributed by atoms with Crippen LogP contribution >= 0.6 is 11.6 Å². The highest BCUT2D eigenvalue weighted by Crippen LogP contribution is 2.22. The molecule has 0 saturated heterocycles. The highest BCUT2D eigenvalue weighted by atomic mass is 35.5. The van der Waals surface area contributed by atoms with Crippen LogP contribution in [0.15, 0.2) is 35.5 Å². The number of nitriles is 1. The molecular weight excluding hydrogens is 276 g/mol. The summed E-state index contributed by atoms with van der Waals surface area (Å²) in [4.78, 5) is 0. The van der Waals surface area contributed by atoms with Crippen molar-refractivity contribution in [2.24, 2.45) is 0 Å². The molecule has 0 atom stereocenters. The maximum absolute atomic E-state index is 11.8. The first-order valence-electron chi connectivity index (χ1n) is 4.75. The summed E-state index contributed by atoms with van der Waals surface area (Å²) in [7, 11) is -3.72. The number of aromatic amines is 1. The van der Waals surface area contributed by atoms with Gasteiger partial charge in [0.15, 0.2) is 5.03 Å². The Kier molecular flexibility index (Phi) is 3.23. The molecule has 0 aliphatic carbocycles. The monoisotopic (exact) mass is 282 g/mol. The predicted octanol–water partition coefficient (Wildman–Crippen LogP) is 1.74. The van der Waals surface area contributed by atoms with Crippen molar-refractivity contribution in [1.29, 1.82) is 5.26 Å². The molecule has 2 rings (SSSR count). The van der Waals surface area contributed by atoms with Gasteiger partial charge in [0, 0.05) is 0 Å². The Balaban J connectivity index is 2.31. The molecule has 0 saturated carbocycles. The molecule has 0 bridgehead atoms. The van der Waals surface area contributed by atoms with Crippen LogP contribution in [0.4, 0.5) is 5.69 Å². The average molecular weight is 283 g/mol. The van der Waals surface area contributed by atoms with E-state index in [1.807, 2.05) is 6.07 Å². The molecule has 18 heavy (non-hydrogen) atoms. The van der Waals surface area contributed by atoms with Gasteiger partial charge in [-0.3, -0.25) is 9.82 Å². The van der Waals surface area contributed by atoms with Crippen LogP contribution in [0.25, 0.3) is 0 Å². The lowest BCUT2D eigenvalue weighted by atomic mass is 10.2. The molecule has 6 nitrogen and oxygen atoms in total. The van der Waals surface area contributed by atoms with Crippen LogP contribution in [0, 0.1) is 11.3 Å². The Bertz CT molecular complexity index is 704. The smallest absolute Gasteiger partial charge is 0.278 e. The van der Waals surface area contributed by atoms with E-state index in [4.69, 9.17) is 16.9 Å². The van der Waals surface area contributed by atoms with Crippen LogP contribution in [-0.2, 0) is 10.0 Å². The second kappa shape index (κ2) is 4.68. The molecule has 0 fully saturated rings. The van der Waals surface area contributed by atoms with Crippen molar-refractivity contribution >= 4 is 27.3 Å². The van der Waals surface area contributed by atoms with Gasteiger partial charge in [-0.15, -0.1) is 0 Å². The van der Waals surface area contributed by atoms with Crippen LogP contribution in [0.5, 0.6) is 0 Å². The van der Waals surface area contributed by atoms with Crippen LogP contribution in [0.1, 0.15) is 5.56 Å². The molecule has 2 N–H and O–H groups in total. The third kappa shape index (κ3) is 2.45. The number of hydrogen-bond donors (Lipinski definition) is 2. The quantitative estimate of drug-likeness (QED) is 0.895. The first kappa shape index (κ1) is 12.4. The van der Waals surface area contributed by atoms with Gasteiger partial charge in [0.25, 0.3) is 10.0 Å². The zero-order chi connectivity index (χ0) is 13.2. The number of nitrogens with zero attached hydrogens (tertiary/aromatic N) is 2. The standard InChI is InChI=1S/C10H7ClN4O2S/c11-9-5-8(2-1-7(9)6-12)15-18(16,17)10-3-4-13-14-10/h1-5,15H,(H,13,14). The van der Waals surface area contributed by atoms with E-state index < -0.39 is 10.0 Å². The molecule has 1 heterocycles. The number of hydrogen-bond acceptors (Lipinski definition) is 4. The fourth-order valence-electron chi connectivity index (χ4n) is 1.27. The molecule has 0 aliphatic rings. The number of anilines is 1. The summed E-state index contributed by atoms with van der Waals surface area (Å²) in [5, 5.41) is 14.7. The minimum Gasteiger partial charge on any atom is -0.278 e. The van der Waals surface area contributed by atoms with E-state index in [0.29, 0.717) is 0 Å². The number of halogens is 1. The van der Waals surface area contributed by atoms with E-state index in [1.165, 1.54) is 30.5 Å². The maximum Gasteiger partial charge on any atom is 0.278 e. The van der Waals surface area contributed by atoms with E-state index in [2.05, 4.69) is 14.9 Å². The molecule has 1 aromatic carbocycles. The summed E-state index contributed by atoms with van der Waals surface area (Å²) >= 11 is 5.81. The van der Waals surface area contributed by atoms with Gasteiger partial charge in [-0.05, 0) is 24.3 Å². The Labute approximate surface area is 108 Å². The Morgan fingerprint density at radius 3 is 2.72 bits per heavy atom. The molecular formula is C10H7ClN4O2S. The fourth-order valence-corrected chi connectivity index (χ4v) is 2.46. The number of nitrogens with one attached hydrogen (secondary N) is 2. The molecule has 0 radical (unpaired) electrons. The minimum absolute atomic E-state index is 0.0528.